The van der Waals surface area contributed by atoms with Crippen LogP contribution >= 0.6 is 0 Å². The van der Waals surface area contributed by atoms with Gasteiger partial charge in [-0.2, -0.15) is 5.10 Å². The molecule has 0 saturated heterocycles. The van der Waals surface area contributed by atoms with E-state index in [2.05, 4.69) is 27.2 Å². The molecule has 0 bridgehead atoms. The van der Waals surface area contributed by atoms with E-state index in [1.807, 2.05) is 60.8 Å². The van der Waals surface area contributed by atoms with Crippen molar-refractivity contribution < 1.29 is 4.79 Å². The Morgan fingerprint density at radius 2 is 1.85 bits per heavy atom. The molecule has 0 radical (unpaired) electrons. The monoisotopic (exact) mass is 357 g/mol. The van der Waals surface area contributed by atoms with Crippen molar-refractivity contribution in [1.82, 2.24) is 15.1 Å². The topological polar surface area (TPSA) is 46.9 Å². The molecule has 2 aromatic carbocycles. The lowest BCUT2D eigenvalue weighted by atomic mass is 9.93. The van der Waals surface area contributed by atoms with Crippen molar-refractivity contribution in [3.05, 3.63) is 95.3 Å². The van der Waals surface area contributed by atoms with Crippen molar-refractivity contribution in [3.63, 3.8) is 0 Å². The third-order valence-electron chi connectivity index (χ3n) is 4.98. The van der Waals surface area contributed by atoms with E-state index in [1.54, 1.807) is 6.08 Å². The molecule has 1 heterocycles. The quantitative estimate of drug-likeness (QED) is 0.698. The molecular weight excluding hydrogens is 334 g/mol. The molecule has 0 fully saturated rings. The molecule has 0 spiro atoms. The third kappa shape index (κ3) is 4.17. The van der Waals surface area contributed by atoms with Gasteiger partial charge in [0.05, 0.1) is 18.8 Å². The van der Waals surface area contributed by atoms with Crippen LogP contribution in [0.5, 0.6) is 0 Å². The minimum absolute atomic E-state index is 0.0335. The molecule has 1 N–H and O–H groups in total. The summed E-state index contributed by atoms with van der Waals surface area (Å²) in [5, 5.41) is 7.73. The van der Waals surface area contributed by atoms with Crippen LogP contribution in [0.1, 0.15) is 41.3 Å². The number of nitrogens with one attached hydrogen (secondary N) is 1. The molecule has 27 heavy (non-hydrogen) atoms. The highest BCUT2D eigenvalue weighted by atomic mass is 16.1. The van der Waals surface area contributed by atoms with Gasteiger partial charge in [0.2, 0.25) is 5.91 Å². The normalized spacial score (nSPS) is 16.2. The molecule has 4 rings (SSSR count). The first-order valence-electron chi connectivity index (χ1n) is 9.42. The highest BCUT2D eigenvalue weighted by molar-refractivity contribution is 5.92. The van der Waals surface area contributed by atoms with Crippen molar-refractivity contribution in [2.75, 3.05) is 0 Å². The molecule has 1 amide bonds. The Labute approximate surface area is 159 Å². The van der Waals surface area contributed by atoms with Crippen LogP contribution in [0.4, 0.5) is 0 Å². The van der Waals surface area contributed by atoms with E-state index in [0.717, 1.165) is 36.9 Å². The number of benzene rings is 2. The van der Waals surface area contributed by atoms with Gasteiger partial charge in [0.25, 0.3) is 0 Å². The Bertz CT molecular complexity index is 929. The number of fused-ring (bicyclic) bond motifs is 1. The van der Waals surface area contributed by atoms with Gasteiger partial charge in [-0.1, -0.05) is 60.7 Å². The van der Waals surface area contributed by atoms with Crippen LogP contribution < -0.4 is 5.32 Å². The predicted octanol–water partition coefficient (Wildman–Crippen LogP) is 4.14. The maximum Gasteiger partial charge on any atom is 0.244 e. The molecule has 1 atom stereocenters. The van der Waals surface area contributed by atoms with Gasteiger partial charge in [-0.15, -0.1) is 0 Å². The lowest BCUT2D eigenvalue weighted by Crippen LogP contribution is -2.29. The second kappa shape index (κ2) is 8.04. The predicted molar refractivity (Wildman–Crippen MR) is 107 cm³/mol. The van der Waals surface area contributed by atoms with Crippen molar-refractivity contribution in [2.24, 2.45) is 0 Å². The van der Waals surface area contributed by atoms with Crippen LogP contribution in [0.3, 0.4) is 0 Å². The first-order chi connectivity index (χ1) is 13.3. The minimum atomic E-state index is -0.0625. The fourth-order valence-corrected chi connectivity index (χ4v) is 3.62. The lowest BCUT2D eigenvalue weighted by molar-refractivity contribution is -0.117. The molecular formula is C23H23N3O. The Morgan fingerprint density at radius 1 is 1.11 bits per heavy atom. The molecule has 136 valence electrons. The highest BCUT2D eigenvalue weighted by Gasteiger charge is 2.25. The van der Waals surface area contributed by atoms with Gasteiger partial charge < -0.3 is 5.32 Å². The van der Waals surface area contributed by atoms with E-state index < -0.39 is 0 Å². The van der Waals surface area contributed by atoms with E-state index in [-0.39, 0.29) is 11.9 Å². The van der Waals surface area contributed by atoms with Gasteiger partial charge in [-0.05, 0) is 36.5 Å². The summed E-state index contributed by atoms with van der Waals surface area (Å²) in [6.45, 7) is 0.769. The van der Waals surface area contributed by atoms with Crippen LogP contribution in [-0.2, 0) is 17.8 Å². The third-order valence-corrected chi connectivity index (χ3v) is 4.98. The zero-order valence-corrected chi connectivity index (χ0v) is 15.2. The van der Waals surface area contributed by atoms with Crippen molar-refractivity contribution in [1.29, 1.82) is 0 Å². The van der Waals surface area contributed by atoms with Gasteiger partial charge in [-0.25, -0.2) is 0 Å². The average Bonchev–Trinajstić information content (AvgIpc) is 3.12. The number of carbonyl (C=O) groups excluding carboxylic acids is 1. The Hall–Kier alpha value is -3.14. The molecule has 0 aliphatic heterocycles. The molecule has 3 aromatic rings. The van der Waals surface area contributed by atoms with Crippen LogP contribution in [0, 0.1) is 0 Å². The maximum atomic E-state index is 12.4. The molecule has 4 nitrogen and oxygen atoms in total. The van der Waals surface area contributed by atoms with Gasteiger partial charge >= 0.3 is 0 Å². The largest absolute Gasteiger partial charge is 0.346 e. The van der Waals surface area contributed by atoms with Crippen molar-refractivity contribution in [2.45, 2.75) is 31.8 Å². The fourth-order valence-electron chi connectivity index (χ4n) is 3.62. The first-order valence-corrected chi connectivity index (χ1v) is 9.42. The van der Waals surface area contributed by atoms with Gasteiger partial charge in [-0.3, -0.25) is 9.48 Å². The molecule has 0 unspecified atom stereocenters. The molecule has 0 saturated carbocycles. The summed E-state index contributed by atoms with van der Waals surface area (Å²) in [6, 6.07) is 20.2. The number of nitrogens with zero attached hydrogens (tertiary/aromatic N) is 2. The molecule has 1 aliphatic rings. The number of hydrogen-bond acceptors (Lipinski definition) is 2. The summed E-state index contributed by atoms with van der Waals surface area (Å²) in [5.41, 5.74) is 4.65. The zero-order valence-electron chi connectivity index (χ0n) is 15.2. The molecule has 4 heteroatoms. The van der Waals surface area contributed by atoms with E-state index in [4.69, 9.17) is 0 Å². The van der Waals surface area contributed by atoms with Gasteiger partial charge in [0, 0.05) is 17.3 Å². The van der Waals surface area contributed by atoms with Crippen LogP contribution in [0.2, 0.25) is 0 Å². The summed E-state index contributed by atoms with van der Waals surface area (Å²) in [4.78, 5) is 12.4. The maximum absolute atomic E-state index is 12.4. The van der Waals surface area contributed by atoms with Crippen molar-refractivity contribution >= 4 is 12.0 Å². The van der Waals surface area contributed by atoms with Gasteiger partial charge in [0.1, 0.15) is 0 Å². The summed E-state index contributed by atoms with van der Waals surface area (Å²) in [7, 11) is 0. The highest BCUT2D eigenvalue weighted by Crippen LogP contribution is 2.30. The minimum Gasteiger partial charge on any atom is -0.346 e. The Balaban J connectivity index is 1.46. The smallest absolute Gasteiger partial charge is 0.244 e. The second-order valence-corrected chi connectivity index (χ2v) is 6.89. The summed E-state index contributed by atoms with van der Waals surface area (Å²) in [5.74, 6) is -0.0625. The second-order valence-electron chi connectivity index (χ2n) is 6.89. The van der Waals surface area contributed by atoms with Crippen LogP contribution in [-0.4, -0.2) is 15.7 Å². The fraction of sp³-hybridized carbons (Fsp3) is 0.217. The first kappa shape index (κ1) is 17.3. The molecule has 1 aliphatic carbocycles. The SMILES string of the molecule is O=C(/C=C/c1ccccc1)N[C@@H]1CCCc2c1cnn2Cc1ccccc1. The van der Waals surface area contributed by atoms with Crippen LogP contribution in [0.15, 0.2) is 72.9 Å². The van der Waals surface area contributed by atoms with E-state index in [1.165, 1.54) is 11.3 Å². The number of amides is 1. The number of aromatic nitrogens is 2. The Morgan fingerprint density at radius 3 is 2.63 bits per heavy atom. The van der Waals surface area contributed by atoms with Gasteiger partial charge in [0.15, 0.2) is 0 Å². The van der Waals surface area contributed by atoms with Crippen LogP contribution in [0.25, 0.3) is 6.08 Å². The Kier molecular flexibility index (Phi) is 5.15. The van der Waals surface area contributed by atoms with E-state index in [0.29, 0.717) is 0 Å². The summed E-state index contributed by atoms with van der Waals surface area (Å²) in [6.07, 6.45) is 8.39. The number of hydrogen-bond donors (Lipinski definition) is 1. The standard InChI is InChI=1S/C23H23N3O/c27-23(15-14-18-8-3-1-4-9-18)25-21-12-7-13-22-20(21)16-24-26(22)17-19-10-5-2-6-11-19/h1-6,8-11,14-16,21H,7,12-13,17H2,(H,25,27)/b15-14+/t21-/m1/s1. The molecule has 1 aromatic heterocycles. The summed E-state index contributed by atoms with van der Waals surface area (Å²) < 4.78 is 2.07. The zero-order chi connectivity index (χ0) is 18.5. The summed E-state index contributed by atoms with van der Waals surface area (Å²) >= 11 is 0. The average molecular weight is 357 g/mol. The lowest BCUT2D eigenvalue weighted by Gasteiger charge is -2.23. The number of carbonyl (C=O) groups is 1. The van der Waals surface area contributed by atoms with E-state index >= 15 is 0 Å². The number of rotatable bonds is 5. The van der Waals surface area contributed by atoms with Crippen molar-refractivity contribution in [3.8, 4) is 0 Å². The van der Waals surface area contributed by atoms with E-state index in [9.17, 15) is 4.79 Å².